The number of halogens is 1. The second-order valence-electron chi connectivity index (χ2n) is 2.89. The molecule has 1 aromatic carbocycles. The van der Waals surface area contributed by atoms with Crippen LogP contribution in [0.3, 0.4) is 0 Å². The summed E-state index contributed by atoms with van der Waals surface area (Å²) in [7, 11) is -3.01. The first-order valence-electron chi connectivity index (χ1n) is 3.77. The third-order valence-corrected chi connectivity index (χ3v) is 2.87. The summed E-state index contributed by atoms with van der Waals surface area (Å²) < 4.78 is 34.0. The van der Waals surface area contributed by atoms with Gasteiger partial charge in [-0.25, -0.2) is 8.96 Å². The Balaban J connectivity index is 2.44. The van der Waals surface area contributed by atoms with Crippen LogP contribution >= 0.6 is 7.60 Å². The van der Waals surface area contributed by atoms with Crippen LogP contribution in [0, 0.1) is 5.82 Å². The largest absolute Gasteiger partial charge is 0.424 e. The molecular weight excluding hydrogens is 194 g/mol. The minimum Gasteiger partial charge on any atom is -0.424 e. The van der Waals surface area contributed by atoms with E-state index < -0.39 is 13.4 Å². The highest BCUT2D eigenvalue weighted by molar-refractivity contribution is 7.53. The van der Waals surface area contributed by atoms with E-state index in [4.69, 9.17) is 9.05 Å². The lowest BCUT2D eigenvalue weighted by Gasteiger charge is -2.22. The molecule has 0 saturated carbocycles. The molecule has 0 spiro atoms. The molecule has 1 aromatic rings. The molecule has 2 rings (SSSR count). The summed E-state index contributed by atoms with van der Waals surface area (Å²) >= 11 is 0. The Bertz CT molecular complexity index is 391. The molecule has 0 fully saturated rings. The molecule has 1 aliphatic heterocycles. The van der Waals surface area contributed by atoms with Crippen LogP contribution in [0.25, 0.3) is 0 Å². The number of benzene rings is 1. The first-order valence-corrected chi connectivity index (χ1v) is 5.76. The van der Waals surface area contributed by atoms with E-state index in [1.54, 1.807) is 6.07 Å². The Labute approximate surface area is 75.0 Å². The number of rotatable bonds is 0. The Morgan fingerprint density at radius 3 is 3.08 bits per heavy atom. The van der Waals surface area contributed by atoms with Gasteiger partial charge in [0, 0.05) is 18.3 Å². The van der Waals surface area contributed by atoms with Crippen molar-refractivity contribution in [3.8, 4) is 5.75 Å². The van der Waals surface area contributed by atoms with Crippen molar-refractivity contribution in [1.82, 2.24) is 0 Å². The van der Waals surface area contributed by atoms with E-state index in [9.17, 15) is 8.96 Å². The maximum Gasteiger partial charge on any atom is 0.376 e. The molecule has 0 N–H and O–H groups in total. The van der Waals surface area contributed by atoms with Crippen LogP contribution in [0.5, 0.6) is 5.75 Å². The summed E-state index contributed by atoms with van der Waals surface area (Å²) in [6.07, 6.45) is 0. The fourth-order valence-corrected chi connectivity index (χ4v) is 2.08. The summed E-state index contributed by atoms with van der Waals surface area (Å²) in [4.78, 5) is 0. The number of hydrogen-bond donors (Lipinski definition) is 0. The van der Waals surface area contributed by atoms with Gasteiger partial charge in [0.2, 0.25) is 0 Å². The minimum atomic E-state index is -3.01. The zero-order valence-electron chi connectivity index (χ0n) is 6.99. The molecule has 1 unspecified atom stereocenters. The summed E-state index contributed by atoms with van der Waals surface area (Å²) in [5, 5.41) is 0. The SMILES string of the molecule is CP1(=O)OCc2ccc(F)cc2O1. The van der Waals surface area contributed by atoms with Crippen LogP contribution in [0.4, 0.5) is 4.39 Å². The Hall–Kier alpha value is -0.860. The van der Waals surface area contributed by atoms with Gasteiger partial charge in [0.05, 0.1) is 6.61 Å². The predicted octanol–water partition coefficient (Wildman–Crippen LogP) is 2.56. The first-order chi connectivity index (χ1) is 6.07. The van der Waals surface area contributed by atoms with Crippen LogP contribution in [0.1, 0.15) is 5.56 Å². The third-order valence-electron chi connectivity index (χ3n) is 1.75. The summed E-state index contributed by atoms with van der Waals surface area (Å²) in [6.45, 7) is 1.57. The normalized spacial score (nSPS) is 26.3. The van der Waals surface area contributed by atoms with Gasteiger partial charge in [-0.1, -0.05) is 6.07 Å². The molecule has 13 heavy (non-hydrogen) atoms. The van der Waals surface area contributed by atoms with Gasteiger partial charge >= 0.3 is 7.60 Å². The van der Waals surface area contributed by atoms with E-state index in [2.05, 4.69) is 0 Å². The molecule has 0 radical (unpaired) electrons. The third kappa shape index (κ3) is 1.74. The fraction of sp³-hybridized carbons (Fsp3) is 0.250. The van der Waals surface area contributed by atoms with Crippen molar-refractivity contribution in [3.63, 3.8) is 0 Å². The highest BCUT2D eigenvalue weighted by atomic mass is 31.2. The monoisotopic (exact) mass is 202 g/mol. The van der Waals surface area contributed by atoms with E-state index in [-0.39, 0.29) is 6.61 Å². The van der Waals surface area contributed by atoms with Crippen molar-refractivity contribution in [2.45, 2.75) is 6.61 Å². The van der Waals surface area contributed by atoms with Crippen molar-refractivity contribution in [3.05, 3.63) is 29.6 Å². The summed E-state index contributed by atoms with van der Waals surface area (Å²) in [5.41, 5.74) is 0.717. The Morgan fingerprint density at radius 1 is 1.54 bits per heavy atom. The lowest BCUT2D eigenvalue weighted by atomic mass is 10.2. The van der Waals surface area contributed by atoms with Crippen molar-refractivity contribution >= 4 is 7.60 Å². The average molecular weight is 202 g/mol. The van der Waals surface area contributed by atoms with Crippen LogP contribution in [0.15, 0.2) is 18.2 Å². The highest BCUT2D eigenvalue weighted by Gasteiger charge is 2.26. The number of fused-ring (bicyclic) bond motifs is 1. The first kappa shape index (κ1) is 8.73. The molecule has 0 aliphatic carbocycles. The molecule has 70 valence electrons. The van der Waals surface area contributed by atoms with Crippen LogP contribution in [-0.4, -0.2) is 6.66 Å². The molecule has 1 atom stereocenters. The molecule has 3 nitrogen and oxygen atoms in total. The topological polar surface area (TPSA) is 35.5 Å². The van der Waals surface area contributed by atoms with Crippen LogP contribution < -0.4 is 4.52 Å². The predicted molar refractivity (Wildman–Crippen MR) is 45.3 cm³/mol. The lowest BCUT2D eigenvalue weighted by Crippen LogP contribution is -2.06. The van der Waals surface area contributed by atoms with Gasteiger partial charge in [-0.3, -0.25) is 4.52 Å². The molecule has 0 bridgehead atoms. The standard InChI is InChI=1S/C8H8FO3P/c1-13(10)11-5-6-2-3-7(9)4-8(6)12-13/h2-4H,5H2,1H3. The van der Waals surface area contributed by atoms with Gasteiger partial charge in [-0.2, -0.15) is 0 Å². The van der Waals surface area contributed by atoms with Gasteiger partial charge in [0.15, 0.2) is 0 Å². The van der Waals surface area contributed by atoms with E-state index in [1.807, 2.05) is 0 Å². The van der Waals surface area contributed by atoms with Crippen molar-refractivity contribution in [1.29, 1.82) is 0 Å². The second-order valence-corrected chi connectivity index (χ2v) is 4.87. The zero-order chi connectivity index (χ0) is 9.47. The smallest absolute Gasteiger partial charge is 0.376 e. The fourth-order valence-electron chi connectivity index (χ4n) is 1.12. The van der Waals surface area contributed by atoms with E-state index in [0.717, 1.165) is 5.56 Å². The second kappa shape index (κ2) is 2.82. The van der Waals surface area contributed by atoms with Gasteiger partial charge in [0.25, 0.3) is 0 Å². The Kier molecular flexibility index (Phi) is 1.90. The van der Waals surface area contributed by atoms with E-state index in [0.29, 0.717) is 5.75 Å². The molecular formula is C8H8FO3P. The summed E-state index contributed by atoms with van der Waals surface area (Å²) in [6, 6.07) is 4.09. The Morgan fingerprint density at radius 2 is 2.31 bits per heavy atom. The molecule has 5 heteroatoms. The van der Waals surface area contributed by atoms with Crippen LogP contribution in [0.2, 0.25) is 0 Å². The van der Waals surface area contributed by atoms with Crippen LogP contribution in [-0.2, 0) is 15.7 Å². The molecule has 1 aliphatic rings. The molecule has 1 heterocycles. The maximum atomic E-state index is 12.7. The van der Waals surface area contributed by atoms with Gasteiger partial charge in [-0.15, -0.1) is 0 Å². The zero-order valence-corrected chi connectivity index (χ0v) is 7.88. The average Bonchev–Trinajstić information content (AvgIpc) is 2.01. The van der Waals surface area contributed by atoms with Crippen molar-refractivity contribution in [2.75, 3.05) is 6.66 Å². The van der Waals surface area contributed by atoms with Crippen molar-refractivity contribution < 1.29 is 18.0 Å². The van der Waals surface area contributed by atoms with E-state index >= 15 is 0 Å². The van der Waals surface area contributed by atoms with Gasteiger partial charge in [0.1, 0.15) is 11.6 Å². The molecule has 0 aromatic heterocycles. The summed E-state index contributed by atoms with van der Waals surface area (Å²) in [5.74, 6) is -0.0854. The van der Waals surface area contributed by atoms with Gasteiger partial charge in [-0.05, 0) is 6.07 Å². The molecule has 0 amide bonds. The lowest BCUT2D eigenvalue weighted by molar-refractivity contribution is 0.236. The minimum absolute atomic E-state index is 0.212. The maximum absolute atomic E-state index is 12.7. The van der Waals surface area contributed by atoms with Gasteiger partial charge < -0.3 is 4.52 Å². The number of hydrogen-bond acceptors (Lipinski definition) is 3. The van der Waals surface area contributed by atoms with E-state index in [1.165, 1.54) is 18.8 Å². The van der Waals surface area contributed by atoms with Crippen molar-refractivity contribution in [2.24, 2.45) is 0 Å². The molecule has 0 saturated heterocycles. The quantitative estimate of drug-likeness (QED) is 0.606. The highest BCUT2D eigenvalue weighted by Crippen LogP contribution is 2.50.